The number of aryl methyl sites for hydroxylation is 4. The van der Waals surface area contributed by atoms with E-state index < -0.39 is 18.4 Å². The zero-order chi connectivity index (χ0) is 22.2. The molecule has 0 saturated heterocycles. The summed E-state index contributed by atoms with van der Waals surface area (Å²) in [6.45, 7) is 13.3. The summed E-state index contributed by atoms with van der Waals surface area (Å²) in [6, 6.07) is 26.7. The van der Waals surface area contributed by atoms with Crippen LogP contribution in [0.5, 0.6) is 0 Å². The first-order valence-corrected chi connectivity index (χ1v) is 17.2. The monoisotopic (exact) mass is 520 g/mol. The molecule has 0 fully saturated rings. The SMILES string of the molecule is Cc1cc(C)n([CH](n2nc(C)cc2C)[Sn]([c]2ccccc2)([c]2ccccc2)[CH](C)C)n1. The van der Waals surface area contributed by atoms with Crippen molar-refractivity contribution in [2.75, 3.05) is 0 Å². The normalized spacial score (nSPS) is 12.1. The Labute approximate surface area is 189 Å². The molecule has 0 amide bonds. The van der Waals surface area contributed by atoms with Crippen LogP contribution in [0.4, 0.5) is 0 Å². The van der Waals surface area contributed by atoms with Crippen molar-refractivity contribution in [3.05, 3.63) is 95.6 Å². The van der Waals surface area contributed by atoms with Crippen molar-refractivity contribution in [2.45, 2.75) is 49.7 Å². The molecule has 0 N–H and O–H groups in total. The second-order valence-electron chi connectivity index (χ2n) is 8.87. The predicted molar refractivity (Wildman–Crippen MR) is 131 cm³/mol. The molecule has 0 radical (unpaired) electrons. The van der Waals surface area contributed by atoms with E-state index in [0.29, 0.717) is 3.93 Å². The quantitative estimate of drug-likeness (QED) is 0.350. The number of hydrogen-bond acceptors (Lipinski definition) is 2. The zero-order valence-corrected chi connectivity index (χ0v) is 22.2. The summed E-state index contributed by atoms with van der Waals surface area (Å²) < 4.78 is 8.03. The van der Waals surface area contributed by atoms with E-state index in [1.165, 1.54) is 18.5 Å². The molecule has 2 heterocycles. The Kier molecular flexibility index (Phi) is 6.11. The first-order valence-electron chi connectivity index (χ1n) is 11.0. The van der Waals surface area contributed by atoms with Crippen LogP contribution < -0.4 is 7.16 Å². The molecule has 160 valence electrons. The average Bonchev–Trinajstić information content (AvgIpc) is 3.26. The van der Waals surface area contributed by atoms with Crippen molar-refractivity contribution in [1.29, 1.82) is 0 Å². The molecule has 5 heteroatoms. The Balaban J connectivity index is 2.15. The van der Waals surface area contributed by atoms with Gasteiger partial charge in [0.25, 0.3) is 0 Å². The summed E-state index contributed by atoms with van der Waals surface area (Å²) >= 11 is -3.54. The fourth-order valence-corrected chi connectivity index (χ4v) is 21.2. The third-order valence-corrected chi connectivity index (χ3v) is 22.6. The van der Waals surface area contributed by atoms with Crippen molar-refractivity contribution in [3.8, 4) is 0 Å². The van der Waals surface area contributed by atoms with Crippen LogP contribution in [0.1, 0.15) is 40.8 Å². The summed E-state index contributed by atoms with van der Waals surface area (Å²) in [6.07, 6.45) is 0. The van der Waals surface area contributed by atoms with Gasteiger partial charge in [-0.25, -0.2) is 0 Å². The number of hydrogen-bond donors (Lipinski definition) is 0. The third kappa shape index (κ3) is 3.75. The summed E-state index contributed by atoms with van der Waals surface area (Å²) in [7, 11) is 0. The van der Waals surface area contributed by atoms with E-state index >= 15 is 0 Å². The van der Waals surface area contributed by atoms with Crippen LogP contribution in [0, 0.1) is 27.7 Å². The predicted octanol–water partition coefficient (Wildman–Crippen LogP) is 4.57. The number of benzene rings is 2. The number of nitrogens with zero attached hydrogens (tertiary/aromatic N) is 4. The average molecular weight is 519 g/mol. The van der Waals surface area contributed by atoms with Gasteiger partial charge in [0, 0.05) is 0 Å². The fourth-order valence-electron chi connectivity index (χ4n) is 5.13. The Morgan fingerprint density at radius 3 is 1.32 bits per heavy atom. The maximum atomic E-state index is 5.04. The third-order valence-electron chi connectivity index (χ3n) is 6.37. The van der Waals surface area contributed by atoms with E-state index in [1.807, 2.05) is 0 Å². The topological polar surface area (TPSA) is 35.6 Å². The second kappa shape index (κ2) is 8.65. The van der Waals surface area contributed by atoms with Gasteiger partial charge in [0.2, 0.25) is 0 Å². The van der Waals surface area contributed by atoms with Crippen LogP contribution in [-0.2, 0) is 0 Å². The summed E-state index contributed by atoms with van der Waals surface area (Å²) in [5.41, 5.74) is 4.47. The number of aromatic nitrogens is 4. The Hall–Kier alpha value is -2.34. The summed E-state index contributed by atoms with van der Waals surface area (Å²) in [5, 5.41) is 10.1. The minimum absolute atomic E-state index is 0.0569. The van der Waals surface area contributed by atoms with Gasteiger partial charge in [0.15, 0.2) is 0 Å². The Bertz CT molecular complexity index is 1070. The Morgan fingerprint density at radius 2 is 1.03 bits per heavy atom. The fraction of sp³-hybridized carbons (Fsp3) is 0.308. The maximum absolute atomic E-state index is 5.04. The molecule has 0 unspecified atom stereocenters. The van der Waals surface area contributed by atoms with Crippen LogP contribution >= 0.6 is 0 Å². The molecule has 0 aliphatic heterocycles. The molecule has 2 aromatic carbocycles. The zero-order valence-electron chi connectivity index (χ0n) is 19.4. The van der Waals surface area contributed by atoms with E-state index in [9.17, 15) is 0 Å². The molecule has 0 spiro atoms. The molecule has 0 saturated carbocycles. The molecule has 2 aromatic heterocycles. The molecule has 31 heavy (non-hydrogen) atoms. The van der Waals surface area contributed by atoms with Gasteiger partial charge in [0.1, 0.15) is 0 Å². The van der Waals surface area contributed by atoms with Crippen molar-refractivity contribution in [3.63, 3.8) is 0 Å². The van der Waals surface area contributed by atoms with Gasteiger partial charge in [-0.3, -0.25) is 0 Å². The van der Waals surface area contributed by atoms with Gasteiger partial charge in [-0.1, -0.05) is 0 Å². The van der Waals surface area contributed by atoms with Crippen LogP contribution in [-0.4, -0.2) is 37.9 Å². The Morgan fingerprint density at radius 1 is 0.645 bits per heavy atom. The van der Waals surface area contributed by atoms with E-state index in [4.69, 9.17) is 10.2 Å². The molecule has 0 aliphatic carbocycles. The number of rotatable bonds is 6. The molecule has 0 atom stereocenters. The molecule has 0 aliphatic rings. The van der Waals surface area contributed by atoms with Gasteiger partial charge in [-0.2, -0.15) is 0 Å². The molecular weight excluding hydrogens is 487 g/mol. The molecule has 4 rings (SSSR count). The molecular formula is C26H32N4Sn. The minimum atomic E-state index is -3.54. The van der Waals surface area contributed by atoms with Crippen LogP contribution in [0.2, 0.25) is 3.93 Å². The van der Waals surface area contributed by atoms with Gasteiger partial charge in [-0.15, -0.1) is 0 Å². The standard InChI is InChI=1S/C11H15N4.2C6H5.C3H7.Sn/c1-8-5-10(3)14(12-8)7-15-11(4)6-9(2)13-15;2*1-2-4-6-5-3-1;1-3-2;/h5-7H,1-4H3;2*1-5H;3H,1-2H3;. The second-order valence-corrected chi connectivity index (χ2v) is 21.9. The van der Waals surface area contributed by atoms with Crippen LogP contribution in [0.3, 0.4) is 0 Å². The first-order chi connectivity index (χ1) is 14.9. The van der Waals surface area contributed by atoms with E-state index in [-0.39, 0.29) is 4.18 Å². The van der Waals surface area contributed by atoms with Crippen molar-refractivity contribution >= 4 is 25.5 Å². The van der Waals surface area contributed by atoms with Gasteiger partial charge >= 0.3 is 190 Å². The van der Waals surface area contributed by atoms with Crippen LogP contribution in [0.15, 0.2) is 72.8 Å². The van der Waals surface area contributed by atoms with Gasteiger partial charge in [-0.05, 0) is 0 Å². The molecule has 4 nitrogen and oxygen atoms in total. The van der Waals surface area contributed by atoms with Crippen LogP contribution in [0.25, 0.3) is 0 Å². The van der Waals surface area contributed by atoms with Gasteiger partial charge < -0.3 is 0 Å². The first kappa shape index (κ1) is 21.9. The summed E-state index contributed by atoms with van der Waals surface area (Å²) in [4.78, 5) is 0. The van der Waals surface area contributed by atoms with Gasteiger partial charge in [0.05, 0.1) is 0 Å². The van der Waals surface area contributed by atoms with E-state index in [2.05, 4.69) is 124 Å². The van der Waals surface area contributed by atoms with Crippen molar-refractivity contribution in [2.24, 2.45) is 0 Å². The van der Waals surface area contributed by atoms with E-state index in [1.54, 1.807) is 0 Å². The van der Waals surface area contributed by atoms with Crippen molar-refractivity contribution < 1.29 is 0 Å². The van der Waals surface area contributed by atoms with E-state index in [0.717, 1.165) is 11.4 Å². The molecule has 0 bridgehead atoms. The molecule has 4 aromatic rings. The van der Waals surface area contributed by atoms with Crippen molar-refractivity contribution in [1.82, 2.24) is 19.6 Å². The summed E-state index contributed by atoms with van der Waals surface area (Å²) in [5.74, 6) is 0.